The lowest BCUT2D eigenvalue weighted by Gasteiger charge is -2.17. The molecule has 0 spiro atoms. The Kier molecular flexibility index (Phi) is 6.31. The first-order valence-corrected chi connectivity index (χ1v) is 12.1. The molecule has 0 saturated carbocycles. The second kappa shape index (κ2) is 9.75. The molecule has 1 N–H and O–H groups in total. The summed E-state index contributed by atoms with van der Waals surface area (Å²) in [7, 11) is 0. The van der Waals surface area contributed by atoms with Crippen LogP contribution >= 0.6 is 0 Å². The molecule has 0 fully saturated rings. The van der Waals surface area contributed by atoms with Crippen molar-refractivity contribution >= 4 is 22.5 Å². The van der Waals surface area contributed by atoms with Gasteiger partial charge in [-0.15, -0.1) is 0 Å². The van der Waals surface area contributed by atoms with Crippen LogP contribution in [0.3, 0.4) is 0 Å². The Morgan fingerprint density at radius 3 is 2.61 bits per heavy atom. The van der Waals surface area contributed by atoms with Crippen LogP contribution in [0.4, 0.5) is 5.69 Å². The fourth-order valence-electron chi connectivity index (χ4n) is 4.27. The molecule has 0 atom stereocenters. The van der Waals surface area contributed by atoms with Gasteiger partial charge in [0, 0.05) is 29.2 Å². The molecule has 0 bridgehead atoms. The standard InChI is InChI=1S/C31H25N5O2/c1-20-9-11-25(35-29(37)22-6-4-8-24(14-22)31(2,3)18-32)16-28(20)36-19-34-27-15-21(10-12-26(27)30(36)38)23-7-5-13-33-17-23/h4-17,19H,1-3H3,(H,35,37). The van der Waals surface area contributed by atoms with Crippen LogP contribution in [0, 0.1) is 18.3 Å². The zero-order valence-corrected chi connectivity index (χ0v) is 21.3. The fraction of sp³-hybridized carbons (Fsp3) is 0.129. The van der Waals surface area contributed by atoms with Crippen molar-refractivity contribution in [2.75, 3.05) is 5.32 Å². The zero-order valence-electron chi connectivity index (χ0n) is 21.3. The average Bonchev–Trinajstić information content (AvgIpc) is 2.95. The highest BCUT2D eigenvalue weighted by atomic mass is 16.1. The molecule has 5 rings (SSSR count). The number of pyridine rings is 1. The number of aryl methyl sites for hydroxylation is 1. The predicted octanol–water partition coefficient (Wildman–Crippen LogP) is 5.81. The monoisotopic (exact) mass is 499 g/mol. The summed E-state index contributed by atoms with van der Waals surface area (Å²) in [6, 6.07) is 24.1. The molecule has 0 aliphatic carbocycles. The summed E-state index contributed by atoms with van der Waals surface area (Å²) in [4.78, 5) is 35.2. The SMILES string of the molecule is Cc1ccc(NC(=O)c2cccc(C(C)(C)C#N)c2)cc1-n1cnc2cc(-c3cccnc3)ccc2c1=O. The van der Waals surface area contributed by atoms with Gasteiger partial charge in [0.2, 0.25) is 0 Å². The van der Waals surface area contributed by atoms with Crippen LogP contribution in [0.5, 0.6) is 0 Å². The summed E-state index contributed by atoms with van der Waals surface area (Å²) in [6.45, 7) is 5.52. The normalized spacial score (nSPS) is 11.2. The number of amides is 1. The predicted molar refractivity (Wildman–Crippen MR) is 148 cm³/mol. The second-order valence-corrected chi connectivity index (χ2v) is 9.67. The summed E-state index contributed by atoms with van der Waals surface area (Å²) >= 11 is 0. The van der Waals surface area contributed by atoms with E-state index in [1.54, 1.807) is 48.8 Å². The van der Waals surface area contributed by atoms with Crippen molar-refractivity contribution in [3.63, 3.8) is 0 Å². The number of hydrogen-bond acceptors (Lipinski definition) is 5. The van der Waals surface area contributed by atoms with Gasteiger partial charge in [0.25, 0.3) is 11.5 Å². The zero-order chi connectivity index (χ0) is 26.9. The maximum absolute atomic E-state index is 13.4. The van der Waals surface area contributed by atoms with Crippen LogP contribution in [0.15, 0.2) is 96.3 Å². The van der Waals surface area contributed by atoms with Gasteiger partial charge in [0.1, 0.15) is 6.33 Å². The molecule has 2 aromatic heterocycles. The Morgan fingerprint density at radius 1 is 1.00 bits per heavy atom. The molecule has 0 unspecified atom stereocenters. The Balaban J connectivity index is 1.47. The molecule has 0 aliphatic heterocycles. The lowest BCUT2D eigenvalue weighted by molar-refractivity contribution is 0.102. The lowest BCUT2D eigenvalue weighted by atomic mass is 9.85. The first-order chi connectivity index (χ1) is 18.3. The van der Waals surface area contributed by atoms with Gasteiger partial charge < -0.3 is 5.32 Å². The topological polar surface area (TPSA) is 101 Å². The number of benzene rings is 3. The Labute approximate surface area is 220 Å². The van der Waals surface area contributed by atoms with E-state index in [-0.39, 0.29) is 11.5 Å². The molecule has 3 aromatic carbocycles. The molecule has 7 nitrogen and oxygen atoms in total. The quantitative estimate of drug-likeness (QED) is 0.329. The van der Waals surface area contributed by atoms with Crippen molar-refractivity contribution in [3.05, 3.63) is 119 Å². The van der Waals surface area contributed by atoms with E-state index in [0.717, 1.165) is 22.3 Å². The molecule has 186 valence electrons. The first kappa shape index (κ1) is 24.6. The number of fused-ring (bicyclic) bond motifs is 1. The molecule has 1 amide bonds. The van der Waals surface area contributed by atoms with Crippen LogP contribution < -0.4 is 10.9 Å². The molecule has 38 heavy (non-hydrogen) atoms. The van der Waals surface area contributed by atoms with Crippen molar-refractivity contribution < 1.29 is 4.79 Å². The van der Waals surface area contributed by atoms with Crippen LogP contribution in [0.1, 0.15) is 35.3 Å². The maximum Gasteiger partial charge on any atom is 0.265 e. The van der Waals surface area contributed by atoms with Crippen molar-refractivity contribution in [3.8, 4) is 22.9 Å². The van der Waals surface area contributed by atoms with Crippen molar-refractivity contribution in [2.24, 2.45) is 0 Å². The van der Waals surface area contributed by atoms with Crippen LogP contribution in [-0.4, -0.2) is 20.4 Å². The van der Waals surface area contributed by atoms with Crippen molar-refractivity contribution in [1.29, 1.82) is 5.26 Å². The molecule has 0 aliphatic rings. The highest BCUT2D eigenvalue weighted by Gasteiger charge is 2.21. The van der Waals surface area contributed by atoms with E-state index in [4.69, 9.17) is 0 Å². The van der Waals surface area contributed by atoms with Crippen LogP contribution in [0.2, 0.25) is 0 Å². The van der Waals surface area contributed by atoms with Crippen molar-refractivity contribution in [1.82, 2.24) is 14.5 Å². The lowest BCUT2D eigenvalue weighted by Crippen LogP contribution is -2.20. The van der Waals surface area contributed by atoms with Gasteiger partial charge >= 0.3 is 0 Å². The van der Waals surface area contributed by atoms with E-state index >= 15 is 0 Å². The molecular weight excluding hydrogens is 474 g/mol. The third-order valence-corrected chi connectivity index (χ3v) is 6.61. The van der Waals surface area contributed by atoms with Gasteiger partial charge in [-0.3, -0.25) is 19.1 Å². The number of rotatable bonds is 5. The minimum Gasteiger partial charge on any atom is -0.322 e. The van der Waals surface area contributed by atoms with Crippen LogP contribution in [-0.2, 0) is 5.41 Å². The number of hydrogen-bond donors (Lipinski definition) is 1. The Bertz CT molecular complexity index is 1780. The molecule has 0 saturated heterocycles. The second-order valence-electron chi connectivity index (χ2n) is 9.67. The van der Waals surface area contributed by atoms with Gasteiger partial charge in [-0.1, -0.05) is 30.3 Å². The fourth-order valence-corrected chi connectivity index (χ4v) is 4.27. The van der Waals surface area contributed by atoms with Gasteiger partial charge in [-0.2, -0.15) is 5.26 Å². The van der Waals surface area contributed by atoms with Gasteiger partial charge in [0.05, 0.1) is 28.1 Å². The first-order valence-electron chi connectivity index (χ1n) is 12.1. The van der Waals surface area contributed by atoms with E-state index in [1.165, 1.54) is 10.9 Å². The molecule has 2 heterocycles. The van der Waals surface area contributed by atoms with E-state index in [1.807, 2.05) is 57.2 Å². The van der Waals surface area contributed by atoms with Crippen molar-refractivity contribution in [2.45, 2.75) is 26.2 Å². The number of nitrogens with one attached hydrogen (secondary N) is 1. The summed E-state index contributed by atoms with van der Waals surface area (Å²) in [6.07, 6.45) is 5.00. The van der Waals surface area contributed by atoms with Gasteiger partial charge in [-0.25, -0.2) is 4.98 Å². The molecule has 0 radical (unpaired) electrons. The number of carbonyl (C=O) groups is 1. The number of aromatic nitrogens is 3. The highest BCUT2D eigenvalue weighted by molar-refractivity contribution is 6.04. The minimum absolute atomic E-state index is 0.203. The van der Waals surface area contributed by atoms with Gasteiger partial charge in [-0.05, 0) is 79.9 Å². The minimum atomic E-state index is -0.712. The Hall–Kier alpha value is -5.09. The number of anilines is 1. The summed E-state index contributed by atoms with van der Waals surface area (Å²) in [5.41, 5.74) is 4.78. The highest BCUT2D eigenvalue weighted by Crippen LogP contribution is 2.25. The molecular formula is C31H25N5O2. The van der Waals surface area contributed by atoms with E-state index in [0.29, 0.717) is 27.8 Å². The summed E-state index contributed by atoms with van der Waals surface area (Å²) in [5.74, 6) is -0.303. The van der Waals surface area contributed by atoms with E-state index in [9.17, 15) is 14.9 Å². The molecule has 5 aromatic rings. The largest absolute Gasteiger partial charge is 0.322 e. The van der Waals surface area contributed by atoms with E-state index < -0.39 is 5.41 Å². The smallest absolute Gasteiger partial charge is 0.265 e. The Morgan fingerprint density at radius 2 is 1.84 bits per heavy atom. The number of nitrogens with zero attached hydrogens (tertiary/aromatic N) is 4. The average molecular weight is 500 g/mol. The summed E-state index contributed by atoms with van der Waals surface area (Å²) in [5, 5.41) is 12.8. The third kappa shape index (κ3) is 4.67. The van der Waals surface area contributed by atoms with Gasteiger partial charge in [0.15, 0.2) is 0 Å². The third-order valence-electron chi connectivity index (χ3n) is 6.61. The number of carbonyl (C=O) groups excluding carboxylic acids is 1. The van der Waals surface area contributed by atoms with E-state index in [2.05, 4.69) is 21.4 Å². The summed E-state index contributed by atoms with van der Waals surface area (Å²) < 4.78 is 1.49. The van der Waals surface area contributed by atoms with Crippen LogP contribution in [0.25, 0.3) is 27.7 Å². The number of nitriles is 1. The molecule has 7 heteroatoms. The maximum atomic E-state index is 13.4.